The molecule has 2 aromatic rings. The van der Waals surface area contributed by atoms with Crippen LogP contribution in [0.3, 0.4) is 0 Å². The van der Waals surface area contributed by atoms with E-state index in [1.54, 1.807) is 36.4 Å². The third kappa shape index (κ3) is 2.48. The second kappa shape index (κ2) is 4.85. The van der Waals surface area contributed by atoms with Gasteiger partial charge < -0.3 is 9.84 Å². The highest BCUT2D eigenvalue weighted by molar-refractivity contribution is 7.09. The van der Waals surface area contributed by atoms with Gasteiger partial charge in [-0.15, -0.1) is 11.3 Å². The van der Waals surface area contributed by atoms with Crippen molar-refractivity contribution in [3.63, 3.8) is 0 Å². The van der Waals surface area contributed by atoms with E-state index in [-0.39, 0.29) is 0 Å². The van der Waals surface area contributed by atoms with Crippen molar-refractivity contribution in [3.05, 3.63) is 28.0 Å². The molecular formula is C11H15N3O2S. The maximum Gasteiger partial charge on any atom is 0.162 e. The number of aliphatic hydroxyl groups excluding tert-OH is 1. The number of hydrogen-bond donors (Lipinski definition) is 1. The molecule has 0 aliphatic carbocycles. The largest absolute Gasteiger partial charge is 0.493 e. The first-order valence-electron chi connectivity index (χ1n) is 5.26. The van der Waals surface area contributed by atoms with E-state index in [4.69, 9.17) is 4.74 Å². The van der Waals surface area contributed by atoms with Crippen molar-refractivity contribution in [2.75, 3.05) is 7.11 Å². The van der Waals surface area contributed by atoms with Crippen LogP contribution in [0.2, 0.25) is 0 Å². The number of aromatic nitrogens is 3. The van der Waals surface area contributed by atoms with E-state index < -0.39 is 6.10 Å². The molecule has 0 aromatic carbocycles. The molecule has 2 heterocycles. The maximum absolute atomic E-state index is 10.2. The van der Waals surface area contributed by atoms with Gasteiger partial charge in [0.05, 0.1) is 24.0 Å². The molecule has 5 nitrogen and oxygen atoms in total. The molecule has 0 saturated heterocycles. The Bertz CT molecular complexity index is 507. The molecule has 92 valence electrons. The molecule has 2 aromatic heterocycles. The standard InChI is InChI=1S/C11H15N3O2S/c1-7-13-8(6-17-7)4-9(15)11-10(16-3)5-12-14(11)2/h5-6,9,15H,4H2,1-3H3. The molecule has 0 spiro atoms. The zero-order valence-electron chi connectivity index (χ0n) is 10.0. The first-order valence-corrected chi connectivity index (χ1v) is 6.14. The summed E-state index contributed by atoms with van der Waals surface area (Å²) in [7, 11) is 3.35. The minimum atomic E-state index is -0.654. The van der Waals surface area contributed by atoms with Gasteiger partial charge in [-0.3, -0.25) is 4.68 Å². The van der Waals surface area contributed by atoms with Gasteiger partial charge in [-0.05, 0) is 6.92 Å². The lowest BCUT2D eigenvalue weighted by molar-refractivity contribution is 0.163. The first kappa shape index (κ1) is 12.1. The van der Waals surface area contributed by atoms with Crippen molar-refractivity contribution in [3.8, 4) is 5.75 Å². The van der Waals surface area contributed by atoms with Gasteiger partial charge in [-0.1, -0.05) is 0 Å². The van der Waals surface area contributed by atoms with Crippen LogP contribution in [0.15, 0.2) is 11.6 Å². The van der Waals surface area contributed by atoms with Crippen LogP contribution in [0, 0.1) is 6.92 Å². The molecule has 0 saturated carbocycles. The number of ether oxygens (including phenoxy) is 1. The van der Waals surface area contributed by atoms with E-state index in [2.05, 4.69) is 10.1 Å². The summed E-state index contributed by atoms with van der Waals surface area (Å²) in [5, 5.41) is 17.2. The zero-order valence-corrected chi connectivity index (χ0v) is 10.9. The zero-order chi connectivity index (χ0) is 12.4. The van der Waals surface area contributed by atoms with Crippen LogP contribution in [0.25, 0.3) is 0 Å². The number of hydrogen-bond acceptors (Lipinski definition) is 5. The molecule has 1 unspecified atom stereocenters. The third-order valence-corrected chi connectivity index (χ3v) is 3.38. The Hall–Kier alpha value is -1.40. The summed E-state index contributed by atoms with van der Waals surface area (Å²) in [6, 6.07) is 0. The summed E-state index contributed by atoms with van der Waals surface area (Å²) in [4.78, 5) is 4.33. The van der Waals surface area contributed by atoms with Crippen molar-refractivity contribution in [1.82, 2.24) is 14.8 Å². The predicted octanol–water partition coefficient (Wildman–Crippen LogP) is 1.47. The lowest BCUT2D eigenvalue weighted by Gasteiger charge is -2.11. The number of methoxy groups -OCH3 is 1. The summed E-state index contributed by atoms with van der Waals surface area (Å²) >= 11 is 1.58. The molecule has 0 aliphatic rings. The second-order valence-corrected chi connectivity index (χ2v) is 4.86. The van der Waals surface area contributed by atoms with Crippen molar-refractivity contribution in [2.24, 2.45) is 7.05 Å². The summed E-state index contributed by atoms with van der Waals surface area (Å²) in [6.45, 7) is 1.95. The second-order valence-electron chi connectivity index (χ2n) is 3.80. The van der Waals surface area contributed by atoms with Crippen LogP contribution in [-0.4, -0.2) is 27.0 Å². The Morgan fingerprint density at radius 3 is 2.94 bits per heavy atom. The van der Waals surface area contributed by atoms with E-state index >= 15 is 0 Å². The SMILES string of the molecule is COc1cnn(C)c1C(O)Cc1csc(C)n1. The molecule has 17 heavy (non-hydrogen) atoms. The summed E-state index contributed by atoms with van der Waals surface area (Å²) in [5.41, 5.74) is 1.57. The van der Waals surface area contributed by atoms with Gasteiger partial charge in [0, 0.05) is 18.8 Å². The smallest absolute Gasteiger partial charge is 0.162 e. The molecule has 0 amide bonds. The van der Waals surface area contributed by atoms with Crippen molar-refractivity contribution in [2.45, 2.75) is 19.4 Å². The fourth-order valence-corrected chi connectivity index (χ4v) is 2.39. The van der Waals surface area contributed by atoms with Crippen LogP contribution in [0.1, 0.15) is 22.5 Å². The summed E-state index contributed by atoms with van der Waals surface area (Å²) < 4.78 is 6.80. The highest BCUT2D eigenvalue weighted by Crippen LogP contribution is 2.27. The molecule has 0 aliphatic heterocycles. The topological polar surface area (TPSA) is 60.2 Å². The van der Waals surface area contributed by atoms with E-state index in [9.17, 15) is 5.11 Å². The van der Waals surface area contributed by atoms with Crippen molar-refractivity contribution < 1.29 is 9.84 Å². The van der Waals surface area contributed by atoms with Gasteiger partial charge in [-0.2, -0.15) is 5.10 Å². The molecular weight excluding hydrogens is 238 g/mol. The average molecular weight is 253 g/mol. The summed E-state index contributed by atoms with van der Waals surface area (Å²) in [6.07, 6.45) is 1.42. The molecule has 0 fully saturated rings. The van der Waals surface area contributed by atoms with Crippen LogP contribution >= 0.6 is 11.3 Å². The van der Waals surface area contributed by atoms with Gasteiger partial charge >= 0.3 is 0 Å². The lowest BCUT2D eigenvalue weighted by atomic mass is 10.1. The summed E-state index contributed by atoms with van der Waals surface area (Å²) in [5.74, 6) is 0.604. The number of nitrogens with zero attached hydrogens (tertiary/aromatic N) is 3. The number of rotatable bonds is 4. The van der Waals surface area contributed by atoms with E-state index in [1.165, 1.54) is 0 Å². The highest BCUT2D eigenvalue weighted by atomic mass is 32.1. The third-order valence-electron chi connectivity index (χ3n) is 2.55. The Kier molecular flexibility index (Phi) is 3.44. The molecule has 2 rings (SSSR count). The number of thiazole rings is 1. The normalized spacial score (nSPS) is 12.7. The van der Waals surface area contributed by atoms with Gasteiger partial charge in [0.1, 0.15) is 11.8 Å². The Morgan fingerprint density at radius 1 is 1.59 bits per heavy atom. The van der Waals surface area contributed by atoms with Crippen LogP contribution in [-0.2, 0) is 13.5 Å². The molecule has 1 atom stereocenters. The van der Waals surface area contributed by atoms with Crippen molar-refractivity contribution >= 4 is 11.3 Å². The van der Waals surface area contributed by atoms with E-state index in [0.717, 1.165) is 10.7 Å². The molecule has 1 N–H and O–H groups in total. The van der Waals surface area contributed by atoms with Gasteiger partial charge in [-0.25, -0.2) is 4.98 Å². The predicted molar refractivity (Wildman–Crippen MR) is 65.3 cm³/mol. The van der Waals surface area contributed by atoms with Gasteiger partial charge in [0.15, 0.2) is 5.75 Å². The Labute approximate surface area is 104 Å². The fourth-order valence-electron chi connectivity index (χ4n) is 1.76. The first-order chi connectivity index (χ1) is 8.11. The Morgan fingerprint density at radius 2 is 2.35 bits per heavy atom. The monoisotopic (exact) mass is 253 g/mol. The molecule has 0 bridgehead atoms. The van der Waals surface area contributed by atoms with Crippen molar-refractivity contribution in [1.29, 1.82) is 0 Å². The molecule has 6 heteroatoms. The van der Waals surface area contributed by atoms with Crippen LogP contribution in [0.5, 0.6) is 5.75 Å². The quantitative estimate of drug-likeness (QED) is 0.896. The maximum atomic E-state index is 10.2. The minimum Gasteiger partial charge on any atom is -0.493 e. The molecule has 0 radical (unpaired) electrons. The number of aliphatic hydroxyl groups is 1. The highest BCUT2D eigenvalue weighted by Gasteiger charge is 2.19. The van der Waals surface area contributed by atoms with Gasteiger partial charge in [0.25, 0.3) is 0 Å². The fraction of sp³-hybridized carbons (Fsp3) is 0.455. The average Bonchev–Trinajstić information content (AvgIpc) is 2.84. The van der Waals surface area contributed by atoms with Gasteiger partial charge in [0.2, 0.25) is 0 Å². The Balaban J connectivity index is 2.19. The van der Waals surface area contributed by atoms with Crippen LogP contribution < -0.4 is 4.74 Å². The minimum absolute atomic E-state index is 0.472. The van der Waals surface area contributed by atoms with E-state index in [1.807, 2.05) is 12.3 Å². The lowest BCUT2D eigenvalue weighted by Crippen LogP contribution is -2.09. The van der Waals surface area contributed by atoms with E-state index in [0.29, 0.717) is 17.9 Å². The van der Waals surface area contributed by atoms with Crippen LogP contribution in [0.4, 0.5) is 0 Å². The number of aryl methyl sites for hydroxylation is 2.